The number of fused-ring (bicyclic) bond motifs is 4. The van der Waals surface area contributed by atoms with Gasteiger partial charge in [-0.05, 0) is 48.0 Å². The van der Waals surface area contributed by atoms with E-state index in [1.54, 1.807) is 24.1 Å². The van der Waals surface area contributed by atoms with E-state index >= 15 is 0 Å². The normalized spacial score (nSPS) is 15.7. The lowest BCUT2D eigenvalue weighted by molar-refractivity contribution is 0.0691. The van der Waals surface area contributed by atoms with Gasteiger partial charge in [0.1, 0.15) is 17.1 Å². The van der Waals surface area contributed by atoms with Crippen LogP contribution >= 0.6 is 11.6 Å². The van der Waals surface area contributed by atoms with E-state index in [0.717, 1.165) is 33.3 Å². The second kappa shape index (κ2) is 6.81. The number of methoxy groups -OCH3 is 1. The number of amides is 1. The molecule has 3 N–H and O–H groups in total. The van der Waals surface area contributed by atoms with Crippen molar-refractivity contribution >= 4 is 51.0 Å². The maximum absolute atomic E-state index is 13.4. The Labute approximate surface area is 176 Å². The van der Waals surface area contributed by atoms with E-state index < -0.39 is 5.97 Å². The van der Waals surface area contributed by atoms with Crippen LogP contribution in [0.3, 0.4) is 0 Å². The van der Waals surface area contributed by atoms with Crippen LogP contribution in [0.25, 0.3) is 21.8 Å². The number of carbonyl (C=O) groups is 2. The van der Waals surface area contributed by atoms with Gasteiger partial charge in [-0.15, -0.1) is 11.6 Å². The van der Waals surface area contributed by atoms with E-state index in [1.165, 1.54) is 0 Å². The fourth-order valence-electron chi connectivity index (χ4n) is 4.22. The largest absolute Gasteiger partial charge is 0.497 e. The number of carboxylic acid groups (broad SMARTS) is 1. The number of anilines is 1. The number of aromatic amines is 2. The number of aromatic carboxylic acids is 1. The number of ether oxygens (including phenoxy) is 1. The summed E-state index contributed by atoms with van der Waals surface area (Å²) in [6.45, 7) is 0.434. The summed E-state index contributed by atoms with van der Waals surface area (Å²) in [5.74, 6) is -0.225. The average Bonchev–Trinajstić information content (AvgIpc) is 3.45. The molecule has 0 radical (unpaired) electrons. The van der Waals surface area contributed by atoms with Gasteiger partial charge in [0, 0.05) is 45.8 Å². The molecule has 4 aromatic rings. The summed E-state index contributed by atoms with van der Waals surface area (Å²) in [7, 11) is 1.60. The monoisotopic (exact) mass is 423 g/mol. The van der Waals surface area contributed by atoms with Gasteiger partial charge in [0.25, 0.3) is 5.91 Å². The molecule has 5 rings (SSSR count). The highest BCUT2D eigenvalue weighted by molar-refractivity contribution is 6.19. The molecule has 2 aromatic carbocycles. The highest BCUT2D eigenvalue weighted by Crippen LogP contribution is 2.42. The molecule has 2 aromatic heterocycles. The van der Waals surface area contributed by atoms with Crippen molar-refractivity contribution in [3.8, 4) is 5.75 Å². The zero-order chi connectivity index (χ0) is 21.0. The zero-order valence-electron chi connectivity index (χ0n) is 16.0. The van der Waals surface area contributed by atoms with Crippen LogP contribution in [0.2, 0.25) is 0 Å². The molecule has 8 heteroatoms. The van der Waals surface area contributed by atoms with Gasteiger partial charge in [0.15, 0.2) is 0 Å². The second-order valence-corrected chi connectivity index (χ2v) is 7.66. The molecule has 30 heavy (non-hydrogen) atoms. The first-order valence-electron chi connectivity index (χ1n) is 9.43. The number of rotatable bonds is 4. The number of hydrogen-bond donors (Lipinski definition) is 3. The van der Waals surface area contributed by atoms with Crippen molar-refractivity contribution in [3.05, 3.63) is 59.4 Å². The van der Waals surface area contributed by atoms with Gasteiger partial charge in [-0.2, -0.15) is 0 Å². The number of halogens is 1. The number of benzene rings is 2. The topological polar surface area (TPSA) is 98.4 Å². The first kappa shape index (κ1) is 18.6. The fourth-order valence-corrected chi connectivity index (χ4v) is 4.47. The maximum Gasteiger partial charge on any atom is 0.352 e. The number of nitrogens with one attached hydrogen (secondary N) is 2. The number of carboxylic acids is 1. The maximum atomic E-state index is 13.4. The van der Waals surface area contributed by atoms with E-state index in [9.17, 15) is 14.7 Å². The molecule has 0 saturated heterocycles. The quantitative estimate of drug-likeness (QED) is 0.425. The molecule has 1 atom stereocenters. The Morgan fingerprint density at radius 2 is 1.90 bits per heavy atom. The minimum atomic E-state index is -1.03. The third kappa shape index (κ3) is 2.74. The zero-order valence-corrected chi connectivity index (χ0v) is 16.8. The predicted octanol–water partition coefficient (Wildman–Crippen LogP) is 4.34. The number of nitrogens with zero attached hydrogens (tertiary/aromatic N) is 1. The van der Waals surface area contributed by atoms with E-state index in [-0.39, 0.29) is 17.5 Å². The van der Waals surface area contributed by atoms with E-state index in [0.29, 0.717) is 23.6 Å². The van der Waals surface area contributed by atoms with Crippen LogP contribution in [0.15, 0.2) is 42.5 Å². The highest BCUT2D eigenvalue weighted by Gasteiger charge is 2.35. The Bertz CT molecular complexity index is 1320. The van der Waals surface area contributed by atoms with Crippen molar-refractivity contribution in [1.82, 2.24) is 9.97 Å². The van der Waals surface area contributed by atoms with Crippen LogP contribution in [-0.4, -0.2) is 46.5 Å². The Balaban J connectivity index is 1.59. The van der Waals surface area contributed by atoms with Gasteiger partial charge >= 0.3 is 5.97 Å². The summed E-state index contributed by atoms with van der Waals surface area (Å²) in [5.41, 5.74) is 3.80. The molecule has 0 saturated carbocycles. The minimum Gasteiger partial charge on any atom is -0.497 e. The molecular formula is C22H18ClN3O4. The first-order chi connectivity index (χ1) is 14.5. The Hall–Kier alpha value is -3.45. The first-order valence-corrected chi connectivity index (χ1v) is 9.97. The molecule has 1 aliphatic rings. The molecule has 0 spiro atoms. The van der Waals surface area contributed by atoms with Crippen LogP contribution < -0.4 is 9.64 Å². The lowest BCUT2D eigenvalue weighted by Crippen LogP contribution is -2.30. The van der Waals surface area contributed by atoms with Crippen molar-refractivity contribution in [3.63, 3.8) is 0 Å². The lowest BCUT2D eigenvalue weighted by Gasteiger charge is -2.16. The molecule has 1 aliphatic heterocycles. The third-order valence-electron chi connectivity index (χ3n) is 5.64. The molecule has 0 bridgehead atoms. The van der Waals surface area contributed by atoms with Crippen LogP contribution in [0, 0.1) is 0 Å². The van der Waals surface area contributed by atoms with Crippen LogP contribution in [0.4, 0.5) is 5.69 Å². The van der Waals surface area contributed by atoms with Crippen molar-refractivity contribution in [2.45, 2.75) is 5.92 Å². The molecule has 0 aliphatic carbocycles. The van der Waals surface area contributed by atoms with Gasteiger partial charge in [-0.3, -0.25) is 4.79 Å². The van der Waals surface area contributed by atoms with Crippen LogP contribution in [0.5, 0.6) is 5.75 Å². The Kier molecular flexibility index (Phi) is 4.22. The summed E-state index contributed by atoms with van der Waals surface area (Å²) in [6, 6.07) is 12.7. The molecule has 1 amide bonds. The molecule has 1 unspecified atom stereocenters. The van der Waals surface area contributed by atoms with Crippen LogP contribution in [-0.2, 0) is 0 Å². The molecular weight excluding hydrogens is 406 g/mol. The smallest absolute Gasteiger partial charge is 0.352 e. The number of aromatic nitrogens is 2. The molecule has 0 fully saturated rings. The second-order valence-electron chi connectivity index (χ2n) is 7.35. The summed E-state index contributed by atoms with van der Waals surface area (Å²) in [5, 5.41) is 11.0. The number of alkyl halides is 1. The number of carbonyl (C=O) groups excluding carboxylic acids is 1. The van der Waals surface area contributed by atoms with Gasteiger partial charge < -0.3 is 24.7 Å². The van der Waals surface area contributed by atoms with Crippen LogP contribution in [0.1, 0.15) is 32.5 Å². The standard InChI is InChI=1S/C22H18ClN3O4/c1-30-13-2-3-15-11(6-13)7-17(24-15)21(27)26-10-12(9-23)20-14-8-18(22(28)29)25-16(14)4-5-19(20)26/h2-8,12,24-25H,9-10H2,1H3,(H,28,29). The van der Waals surface area contributed by atoms with Crippen molar-refractivity contribution in [2.24, 2.45) is 0 Å². The van der Waals surface area contributed by atoms with Crippen molar-refractivity contribution in [1.29, 1.82) is 0 Å². The average molecular weight is 424 g/mol. The molecule has 152 valence electrons. The Morgan fingerprint density at radius 1 is 1.13 bits per heavy atom. The highest BCUT2D eigenvalue weighted by atomic mass is 35.5. The van der Waals surface area contributed by atoms with Gasteiger partial charge in [0.2, 0.25) is 0 Å². The number of H-pyrrole nitrogens is 2. The van der Waals surface area contributed by atoms with Crippen molar-refractivity contribution < 1.29 is 19.4 Å². The predicted molar refractivity (Wildman–Crippen MR) is 115 cm³/mol. The summed E-state index contributed by atoms with van der Waals surface area (Å²) in [6.07, 6.45) is 0. The molecule has 3 heterocycles. The van der Waals surface area contributed by atoms with Gasteiger partial charge in [-0.1, -0.05) is 0 Å². The van der Waals surface area contributed by atoms with Crippen molar-refractivity contribution in [2.75, 3.05) is 24.4 Å². The summed E-state index contributed by atoms with van der Waals surface area (Å²) < 4.78 is 5.26. The lowest BCUT2D eigenvalue weighted by atomic mass is 9.99. The summed E-state index contributed by atoms with van der Waals surface area (Å²) in [4.78, 5) is 32.5. The minimum absolute atomic E-state index is 0.0868. The SMILES string of the molecule is COc1ccc2[nH]c(C(=O)N3CC(CCl)c4c3ccc3[nH]c(C(=O)O)cc43)cc2c1. The van der Waals surface area contributed by atoms with E-state index in [1.807, 2.05) is 30.3 Å². The summed E-state index contributed by atoms with van der Waals surface area (Å²) >= 11 is 6.23. The van der Waals surface area contributed by atoms with Gasteiger partial charge in [-0.25, -0.2) is 4.79 Å². The van der Waals surface area contributed by atoms with E-state index in [4.69, 9.17) is 16.3 Å². The Morgan fingerprint density at radius 3 is 2.63 bits per heavy atom. The van der Waals surface area contributed by atoms with E-state index in [2.05, 4.69) is 9.97 Å². The number of hydrogen-bond acceptors (Lipinski definition) is 3. The van der Waals surface area contributed by atoms with Gasteiger partial charge in [0.05, 0.1) is 7.11 Å². The fraction of sp³-hybridized carbons (Fsp3) is 0.182. The third-order valence-corrected chi connectivity index (χ3v) is 6.02. The molecule has 7 nitrogen and oxygen atoms in total.